The number of nitrogens with zero attached hydrogens (tertiary/aromatic N) is 2. The number of fused-ring (bicyclic) bond motifs is 1. The van der Waals surface area contributed by atoms with Crippen LogP contribution >= 0.6 is 12.4 Å². The van der Waals surface area contributed by atoms with E-state index >= 15 is 0 Å². The lowest BCUT2D eigenvalue weighted by atomic mass is 9.89. The molecule has 1 heterocycles. The van der Waals surface area contributed by atoms with Crippen LogP contribution in [0.3, 0.4) is 0 Å². The molecule has 140 valence electrons. The van der Waals surface area contributed by atoms with Crippen molar-refractivity contribution < 1.29 is 14.8 Å². The van der Waals surface area contributed by atoms with Gasteiger partial charge in [-0.15, -0.1) is 12.4 Å². The number of halogens is 1. The van der Waals surface area contributed by atoms with E-state index in [9.17, 15) is 15.2 Å². The number of aliphatic hydroxyl groups excluding tert-OH is 1. The number of nitro groups is 1. The van der Waals surface area contributed by atoms with Crippen LogP contribution in [0.1, 0.15) is 58.4 Å². The molecule has 0 spiro atoms. The number of rotatable bonds is 7. The van der Waals surface area contributed by atoms with Gasteiger partial charge in [-0.1, -0.05) is 32.6 Å². The van der Waals surface area contributed by atoms with E-state index < -0.39 is 16.6 Å². The number of benzene rings is 1. The summed E-state index contributed by atoms with van der Waals surface area (Å²) in [6.07, 6.45) is 4.72. The minimum Gasteiger partial charge on any atom is -0.484 e. The summed E-state index contributed by atoms with van der Waals surface area (Å²) in [5, 5.41) is 21.6. The third-order valence-electron chi connectivity index (χ3n) is 4.28. The highest BCUT2D eigenvalue weighted by atomic mass is 35.5. The highest BCUT2D eigenvalue weighted by molar-refractivity contribution is 6.08. The third kappa shape index (κ3) is 5.16. The van der Waals surface area contributed by atoms with Crippen LogP contribution in [-0.4, -0.2) is 34.0 Å². The molecule has 1 N–H and O–H groups in total. The predicted octanol–water partition coefficient (Wildman–Crippen LogP) is 4.31. The van der Waals surface area contributed by atoms with Crippen molar-refractivity contribution in [3.8, 4) is 5.75 Å². The molecule has 0 radical (unpaired) electrons. The molecular formula is C18H27ClN2O4. The van der Waals surface area contributed by atoms with Crippen LogP contribution in [0.2, 0.25) is 0 Å². The average Bonchev–Trinajstić information content (AvgIpc) is 2.53. The summed E-state index contributed by atoms with van der Waals surface area (Å²) in [4.78, 5) is 15.1. The fraction of sp³-hybridized carbons (Fsp3) is 0.611. The largest absolute Gasteiger partial charge is 0.484 e. The zero-order chi connectivity index (χ0) is 17.7. The minimum absolute atomic E-state index is 0. The predicted molar refractivity (Wildman–Crippen MR) is 101 cm³/mol. The second kappa shape index (κ2) is 9.15. The summed E-state index contributed by atoms with van der Waals surface area (Å²) in [7, 11) is 0. The maximum atomic E-state index is 11.0. The van der Waals surface area contributed by atoms with Crippen LogP contribution in [0, 0.1) is 10.1 Å². The molecule has 0 saturated heterocycles. The number of ether oxygens (including phenoxy) is 1. The monoisotopic (exact) mass is 370 g/mol. The smallest absolute Gasteiger partial charge is 0.270 e. The summed E-state index contributed by atoms with van der Waals surface area (Å²) < 4.78 is 5.80. The van der Waals surface area contributed by atoms with Crippen LogP contribution in [0.5, 0.6) is 5.75 Å². The van der Waals surface area contributed by atoms with E-state index in [2.05, 4.69) is 11.9 Å². The maximum Gasteiger partial charge on any atom is 0.270 e. The molecule has 0 fully saturated rings. The molecule has 1 aromatic rings. The van der Waals surface area contributed by atoms with E-state index in [-0.39, 0.29) is 18.1 Å². The van der Waals surface area contributed by atoms with Crippen molar-refractivity contribution in [2.24, 2.45) is 4.99 Å². The Morgan fingerprint density at radius 3 is 2.60 bits per heavy atom. The van der Waals surface area contributed by atoms with E-state index in [0.29, 0.717) is 23.6 Å². The van der Waals surface area contributed by atoms with Gasteiger partial charge in [0.15, 0.2) is 0 Å². The Labute approximate surface area is 154 Å². The Morgan fingerprint density at radius 1 is 1.28 bits per heavy atom. The highest BCUT2D eigenvalue weighted by Crippen LogP contribution is 2.35. The summed E-state index contributed by atoms with van der Waals surface area (Å²) in [6.45, 7) is 6.36. The molecule has 1 aromatic carbocycles. The van der Waals surface area contributed by atoms with Gasteiger partial charge in [0.25, 0.3) is 5.69 Å². The lowest BCUT2D eigenvalue weighted by molar-refractivity contribution is -0.384. The van der Waals surface area contributed by atoms with E-state index in [1.165, 1.54) is 31.4 Å². The zero-order valence-electron chi connectivity index (χ0n) is 15.0. The number of unbranched alkanes of at least 4 members (excludes halogenated alkanes) is 4. The second-order valence-corrected chi connectivity index (χ2v) is 6.73. The number of hydrogen-bond acceptors (Lipinski definition) is 5. The summed E-state index contributed by atoms with van der Waals surface area (Å²) in [6, 6.07) is 4.43. The SMILES string of the molecule is CCCCCCCN=C1c2cc([N+](=O)[O-])ccc2OC(C)(C)C1O.Cl. The molecule has 0 saturated carbocycles. The van der Waals surface area contributed by atoms with Gasteiger partial charge in [-0.3, -0.25) is 15.1 Å². The first kappa shape index (κ1) is 21.4. The van der Waals surface area contributed by atoms with Crippen LogP contribution in [0.4, 0.5) is 5.69 Å². The lowest BCUT2D eigenvalue weighted by Crippen LogP contribution is -2.50. The van der Waals surface area contributed by atoms with Crippen LogP contribution in [-0.2, 0) is 0 Å². The van der Waals surface area contributed by atoms with Gasteiger partial charge in [0.05, 0.1) is 10.6 Å². The molecule has 1 aliphatic heterocycles. The molecule has 1 unspecified atom stereocenters. The molecular weight excluding hydrogens is 344 g/mol. The second-order valence-electron chi connectivity index (χ2n) is 6.73. The molecule has 1 aliphatic rings. The Balaban J connectivity index is 0.00000312. The maximum absolute atomic E-state index is 11.0. The first-order chi connectivity index (χ1) is 11.4. The molecule has 1 atom stereocenters. The molecule has 6 nitrogen and oxygen atoms in total. The Morgan fingerprint density at radius 2 is 1.96 bits per heavy atom. The number of non-ortho nitro benzene ring substituents is 1. The lowest BCUT2D eigenvalue weighted by Gasteiger charge is -2.37. The van der Waals surface area contributed by atoms with Crippen molar-refractivity contribution in [2.75, 3.05) is 6.54 Å². The van der Waals surface area contributed by atoms with E-state index in [4.69, 9.17) is 4.74 Å². The van der Waals surface area contributed by atoms with Crippen molar-refractivity contribution in [1.82, 2.24) is 0 Å². The van der Waals surface area contributed by atoms with Crippen molar-refractivity contribution in [2.45, 2.75) is 64.6 Å². The Bertz CT molecular complexity index is 632. The minimum atomic E-state index is -0.914. The van der Waals surface area contributed by atoms with Gasteiger partial charge in [0.1, 0.15) is 17.5 Å². The van der Waals surface area contributed by atoms with Gasteiger partial charge in [0, 0.05) is 24.2 Å². The van der Waals surface area contributed by atoms with Crippen molar-refractivity contribution in [3.63, 3.8) is 0 Å². The first-order valence-corrected chi connectivity index (χ1v) is 8.57. The van der Waals surface area contributed by atoms with E-state index in [1.54, 1.807) is 19.9 Å². The van der Waals surface area contributed by atoms with E-state index in [0.717, 1.165) is 12.8 Å². The van der Waals surface area contributed by atoms with Gasteiger partial charge in [-0.2, -0.15) is 0 Å². The van der Waals surface area contributed by atoms with Gasteiger partial charge in [0.2, 0.25) is 0 Å². The molecule has 25 heavy (non-hydrogen) atoms. The molecule has 0 aliphatic carbocycles. The normalized spacial score (nSPS) is 19.7. The quantitative estimate of drug-likeness (QED) is 0.440. The number of aliphatic hydroxyl groups is 1. The van der Waals surface area contributed by atoms with Gasteiger partial charge >= 0.3 is 0 Å². The molecule has 2 rings (SSSR count). The van der Waals surface area contributed by atoms with Crippen LogP contribution in [0.25, 0.3) is 0 Å². The van der Waals surface area contributed by atoms with Crippen molar-refractivity contribution in [1.29, 1.82) is 0 Å². The number of aliphatic imine (C=N–C) groups is 1. The molecule has 0 bridgehead atoms. The van der Waals surface area contributed by atoms with Gasteiger partial charge in [-0.05, 0) is 26.3 Å². The first-order valence-electron chi connectivity index (χ1n) is 8.57. The molecule has 7 heteroatoms. The van der Waals surface area contributed by atoms with Crippen LogP contribution in [0.15, 0.2) is 23.2 Å². The fourth-order valence-corrected chi connectivity index (χ4v) is 2.82. The Hall–Kier alpha value is -1.66. The molecule has 0 aromatic heterocycles. The van der Waals surface area contributed by atoms with Crippen LogP contribution < -0.4 is 4.74 Å². The average molecular weight is 371 g/mol. The number of hydrogen-bond donors (Lipinski definition) is 1. The van der Waals surface area contributed by atoms with E-state index in [1.807, 2.05) is 0 Å². The summed E-state index contributed by atoms with van der Waals surface area (Å²) >= 11 is 0. The fourth-order valence-electron chi connectivity index (χ4n) is 2.82. The van der Waals surface area contributed by atoms with Crippen molar-refractivity contribution >= 4 is 23.8 Å². The highest BCUT2D eigenvalue weighted by Gasteiger charge is 2.40. The van der Waals surface area contributed by atoms with Gasteiger partial charge in [-0.25, -0.2) is 0 Å². The van der Waals surface area contributed by atoms with Gasteiger partial charge < -0.3 is 9.84 Å². The Kier molecular flexibility index (Phi) is 7.83. The zero-order valence-corrected chi connectivity index (χ0v) is 15.8. The third-order valence-corrected chi connectivity index (χ3v) is 4.28. The topological polar surface area (TPSA) is 85.0 Å². The number of nitro benzene ring substituents is 1. The standard InChI is InChI=1S/C18H26N2O4.ClH/c1-4-5-6-7-8-11-19-16-14-12-13(20(22)23)9-10-15(14)24-18(2,3)17(16)21;/h9-10,12,17,21H,4-8,11H2,1-3H3;1H. The summed E-state index contributed by atoms with van der Waals surface area (Å²) in [5.41, 5.74) is 0.161. The van der Waals surface area contributed by atoms with Crippen molar-refractivity contribution in [3.05, 3.63) is 33.9 Å². The summed E-state index contributed by atoms with van der Waals surface area (Å²) in [5.74, 6) is 0.528. The molecule has 0 amide bonds.